The Morgan fingerprint density at radius 3 is 1.27 bits per heavy atom. The van der Waals surface area contributed by atoms with Crippen LogP contribution in [0.3, 0.4) is 0 Å². The van der Waals surface area contributed by atoms with E-state index in [1.807, 2.05) is 34.6 Å². The highest BCUT2D eigenvalue weighted by molar-refractivity contribution is 5.99. The number of carbonyl (C=O) groups is 10. The fourth-order valence-electron chi connectivity index (χ4n) is 12.8. The topological polar surface area (TPSA) is 376 Å². The van der Waals surface area contributed by atoms with Crippen LogP contribution in [0.25, 0.3) is 0 Å². The number of nitrogens with zero attached hydrogens (tertiary/aromatic N) is 2. The van der Waals surface area contributed by atoms with Gasteiger partial charge in [0.15, 0.2) is 0 Å². The summed E-state index contributed by atoms with van der Waals surface area (Å²) in [5.41, 5.74) is -9.56. The van der Waals surface area contributed by atoms with E-state index in [0.29, 0.717) is 19.4 Å². The van der Waals surface area contributed by atoms with Crippen LogP contribution in [-0.2, 0) is 47.9 Å². The molecular weight excluding hydrogens is 1160 g/mol. The number of nitrogens with one attached hydrogen (secondary N) is 11. The molecule has 2 fully saturated rings. The van der Waals surface area contributed by atoms with E-state index in [-0.39, 0.29) is 68.8 Å². The summed E-state index contributed by atoms with van der Waals surface area (Å²) in [5.74, 6) is -7.51. The Morgan fingerprint density at radius 2 is 0.867 bits per heavy atom. The van der Waals surface area contributed by atoms with Crippen molar-refractivity contribution in [2.24, 2.45) is 23.7 Å². The van der Waals surface area contributed by atoms with Gasteiger partial charge in [-0.1, -0.05) is 101 Å². The van der Waals surface area contributed by atoms with Crippen LogP contribution in [0, 0.1) is 34.1 Å². The maximum Gasteiger partial charge on any atom is 0.246 e. The van der Waals surface area contributed by atoms with E-state index >= 15 is 0 Å². The zero-order valence-electron chi connectivity index (χ0n) is 58.0. The number of piperidine rings is 2. The first-order valence-corrected chi connectivity index (χ1v) is 32.7. The molecule has 5 atom stereocenters. The van der Waals surface area contributed by atoms with Gasteiger partial charge in [0.1, 0.15) is 29.2 Å². The average Bonchev–Trinajstić information content (AvgIpc) is 0.752. The van der Waals surface area contributed by atoms with Gasteiger partial charge < -0.3 is 84.1 Å². The molecule has 0 aliphatic carbocycles. The third-order valence-electron chi connectivity index (χ3n) is 16.9. The van der Waals surface area contributed by atoms with E-state index < -0.39 is 148 Å². The predicted molar refractivity (Wildman–Crippen MR) is 347 cm³/mol. The fraction of sp³-hybridized carbons (Fsp3) is 0.844. The van der Waals surface area contributed by atoms with Crippen LogP contribution in [-0.4, -0.2) is 177 Å². The zero-order valence-corrected chi connectivity index (χ0v) is 58.0. The minimum Gasteiger partial charge on any atom is -0.784 e. The van der Waals surface area contributed by atoms with Crippen LogP contribution in [0.5, 0.6) is 0 Å². The number of hydroxylamine groups is 4. The highest BCUT2D eigenvalue weighted by Gasteiger charge is 2.56. The van der Waals surface area contributed by atoms with Crippen molar-refractivity contribution in [1.29, 1.82) is 0 Å². The van der Waals surface area contributed by atoms with Crippen molar-refractivity contribution in [3.05, 3.63) is 10.4 Å². The number of amides is 10. The molecule has 0 unspecified atom stereocenters. The molecule has 0 saturated carbocycles. The van der Waals surface area contributed by atoms with Gasteiger partial charge in [-0.05, 0) is 151 Å². The quantitative estimate of drug-likeness (QED) is 0.0397. The molecule has 90 heavy (non-hydrogen) atoms. The Morgan fingerprint density at radius 1 is 0.489 bits per heavy atom. The lowest BCUT2D eigenvalue weighted by molar-refractivity contribution is -0.144. The van der Waals surface area contributed by atoms with Crippen molar-refractivity contribution in [2.75, 3.05) is 39.3 Å². The molecule has 0 aromatic heterocycles. The number of aliphatic hydroxyl groups excluding tert-OH is 1. The third-order valence-corrected chi connectivity index (χ3v) is 16.9. The molecule has 2 heterocycles. The Kier molecular flexibility index (Phi) is 31.3. The van der Waals surface area contributed by atoms with E-state index in [9.17, 15) is 63.5 Å². The minimum absolute atomic E-state index is 0.0601. The normalized spacial score (nSPS) is 19.2. The first-order chi connectivity index (χ1) is 41.4. The number of carbonyl (C=O) groups excluding carboxylic acids is 10. The monoisotopic (exact) mass is 1280 g/mol. The predicted octanol–water partition coefficient (Wildman–Crippen LogP) is 3.31. The minimum atomic E-state index is -1.81. The molecule has 2 rings (SSSR count). The van der Waals surface area contributed by atoms with E-state index in [1.165, 1.54) is 6.42 Å². The van der Waals surface area contributed by atoms with Crippen LogP contribution in [0.4, 0.5) is 0 Å². The molecule has 26 nitrogen and oxygen atoms in total. The summed E-state index contributed by atoms with van der Waals surface area (Å²) >= 11 is 0. The van der Waals surface area contributed by atoms with Crippen molar-refractivity contribution in [3.8, 4) is 0 Å². The number of unbranched alkanes of at least 4 members (excludes halogenated alkanes) is 5. The number of rotatable bonds is 37. The van der Waals surface area contributed by atoms with Gasteiger partial charge in [0, 0.05) is 22.2 Å². The average molecular weight is 1280 g/mol. The van der Waals surface area contributed by atoms with Gasteiger partial charge in [-0.15, -0.1) is 0 Å². The van der Waals surface area contributed by atoms with E-state index in [2.05, 4.69) is 65.4 Å². The number of hydrogen-bond donors (Lipinski definition) is 12. The van der Waals surface area contributed by atoms with Crippen LogP contribution >= 0.6 is 0 Å². The van der Waals surface area contributed by atoms with Gasteiger partial charge in [0.05, 0.1) is 44.4 Å². The largest absolute Gasteiger partial charge is 0.784 e. The van der Waals surface area contributed by atoms with Gasteiger partial charge in [-0.25, -0.2) is 0 Å². The lowest BCUT2D eigenvalue weighted by atomic mass is 9.69. The molecule has 0 spiro atoms. The first-order valence-electron chi connectivity index (χ1n) is 32.7. The molecule has 26 heteroatoms. The van der Waals surface area contributed by atoms with Crippen molar-refractivity contribution < 1.29 is 53.1 Å². The number of aliphatic hydroxyl groups is 1. The summed E-state index contributed by atoms with van der Waals surface area (Å²) in [5, 5.41) is 69.2. The third kappa shape index (κ3) is 24.8. The maximum atomic E-state index is 14.6. The molecule has 2 saturated heterocycles. The van der Waals surface area contributed by atoms with Crippen molar-refractivity contribution in [3.63, 3.8) is 0 Å². The van der Waals surface area contributed by atoms with Gasteiger partial charge in [0.25, 0.3) is 0 Å². The molecular formula is C64H117N13O13-2. The molecule has 0 radical (unpaired) electrons. The fourth-order valence-corrected chi connectivity index (χ4v) is 12.8. The summed E-state index contributed by atoms with van der Waals surface area (Å²) in [6.07, 6.45) is 6.92. The molecule has 0 aromatic rings. The van der Waals surface area contributed by atoms with Crippen molar-refractivity contribution in [1.82, 2.24) is 68.6 Å². The van der Waals surface area contributed by atoms with Crippen molar-refractivity contribution in [2.45, 2.75) is 284 Å². The molecule has 12 N–H and O–H groups in total. The second-order valence-electron chi connectivity index (χ2n) is 29.8. The number of hydrogen-bond acceptors (Lipinski definition) is 16. The summed E-state index contributed by atoms with van der Waals surface area (Å²) in [6, 6.07) is -4.02. The van der Waals surface area contributed by atoms with Crippen LogP contribution in [0.2, 0.25) is 0 Å². The Hall–Kier alpha value is -5.54. The van der Waals surface area contributed by atoms with E-state index in [0.717, 1.165) is 42.2 Å². The molecule has 2 aliphatic heterocycles. The van der Waals surface area contributed by atoms with Crippen LogP contribution in [0.15, 0.2) is 0 Å². The van der Waals surface area contributed by atoms with Gasteiger partial charge in [-0.3, -0.25) is 47.9 Å². The second kappa shape index (κ2) is 34.9. The Bertz CT molecular complexity index is 2390. The molecule has 10 amide bonds. The Labute approximate surface area is 536 Å². The second-order valence-corrected chi connectivity index (χ2v) is 29.8. The van der Waals surface area contributed by atoms with Gasteiger partial charge >= 0.3 is 0 Å². The maximum absolute atomic E-state index is 14.6. The summed E-state index contributed by atoms with van der Waals surface area (Å²) in [6.45, 7) is 31.3. The van der Waals surface area contributed by atoms with E-state index in [1.54, 1.807) is 90.0 Å². The van der Waals surface area contributed by atoms with Crippen LogP contribution in [0.1, 0.15) is 221 Å². The van der Waals surface area contributed by atoms with Crippen molar-refractivity contribution >= 4 is 59.1 Å². The smallest absolute Gasteiger partial charge is 0.246 e. The standard InChI is InChI=1S/C64H117N13O13/c1-20-22-23-24-25-26-27-69-62(18,19)55(86)66-33-49(81)72-46(30-42(7)8)53(84)74-63(36-58(10,11)76(89)59(12,13)37-63)56(87)67-31-47(79)65-32-48(80)71-45(29-41(5)6)52(83)75-64(38-60(14,15)77(90)61(16,17)39-64)57(88)68-34-50(82)73-51(43(9)21-2)54(85)70-44(35-78)28-40(3)4/h40-46,51,69,78H,20-39H2,1-19H3,(H,65,79)(H,66,86)(H,67,87)(H,68,88)(H,70,85)(H,71,80)(H,72,81)(H,73,82)(H,74,84)(H,75,83)/q-2/t43-,44-,45-,46-,51-/m0/s1. The zero-order chi connectivity index (χ0) is 69.0. The lowest BCUT2D eigenvalue weighted by Crippen LogP contribution is -2.73. The highest BCUT2D eigenvalue weighted by atomic mass is 16.5. The summed E-state index contributed by atoms with van der Waals surface area (Å²) in [7, 11) is 0. The van der Waals surface area contributed by atoms with Crippen LogP contribution < -0.4 is 58.5 Å². The molecule has 2 aliphatic rings. The molecule has 0 aromatic carbocycles. The van der Waals surface area contributed by atoms with Gasteiger partial charge in [-0.2, -0.15) is 0 Å². The SMILES string of the molecule is CCCCCCCCNC(C)(C)C(=O)NCC(=O)N[C@@H](CC(C)C)C(=O)NC1(C(=O)NCC(=O)NCC(=O)N[C@@H](CC(C)C)C(=O)NC2(C(=O)NCC(=O)N[C@H](C(=O)N[C@H](CO)CC(C)C)[C@@H](C)CC)CC(C)(C)N([O-])C(C)(C)C2)CC(C)(C)N([O-])C(C)(C)C1. The first kappa shape index (κ1) is 80.6. The summed E-state index contributed by atoms with van der Waals surface area (Å²) in [4.78, 5) is 139. The van der Waals surface area contributed by atoms with E-state index in [4.69, 9.17) is 0 Å². The Balaban J connectivity index is 2.30. The summed E-state index contributed by atoms with van der Waals surface area (Å²) < 4.78 is 0. The molecule has 0 bridgehead atoms. The lowest BCUT2D eigenvalue weighted by Gasteiger charge is -2.62. The van der Waals surface area contributed by atoms with Gasteiger partial charge in [0.2, 0.25) is 59.1 Å². The highest BCUT2D eigenvalue weighted by Crippen LogP contribution is 2.45. The molecule has 518 valence electrons.